The number of benzene rings is 1. The average Bonchev–Trinajstić information content (AvgIpc) is 3.16. The molecule has 1 atom stereocenters. The smallest absolute Gasteiger partial charge is 0.290 e. The SMILES string of the molecule is COc1ccc(-c2cncc(-c3nccn3CC(C)OC)c2)cc1F.O=CO. The van der Waals surface area contributed by atoms with Gasteiger partial charge in [0, 0.05) is 43.0 Å². The van der Waals surface area contributed by atoms with E-state index < -0.39 is 5.82 Å². The Bertz CT molecular complexity index is 914. The van der Waals surface area contributed by atoms with E-state index in [-0.39, 0.29) is 18.3 Å². The van der Waals surface area contributed by atoms with Crippen molar-refractivity contribution in [2.45, 2.75) is 19.6 Å². The van der Waals surface area contributed by atoms with Crippen LogP contribution in [0.1, 0.15) is 6.92 Å². The van der Waals surface area contributed by atoms with Crippen LogP contribution in [0.3, 0.4) is 0 Å². The van der Waals surface area contributed by atoms with E-state index in [1.807, 2.05) is 29.8 Å². The van der Waals surface area contributed by atoms with Crippen LogP contribution in [0.15, 0.2) is 49.1 Å². The monoisotopic (exact) mass is 387 g/mol. The van der Waals surface area contributed by atoms with Gasteiger partial charge in [-0.2, -0.15) is 0 Å². The molecule has 28 heavy (non-hydrogen) atoms. The summed E-state index contributed by atoms with van der Waals surface area (Å²) in [4.78, 5) is 17.1. The molecule has 0 aliphatic carbocycles. The molecule has 3 aromatic rings. The molecule has 7 nitrogen and oxygen atoms in total. The number of hydrogen-bond acceptors (Lipinski definition) is 5. The molecule has 0 fully saturated rings. The largest absolute Gasteiger partial charge is 0.494 e. The Morgan fingerprint density at radius 2 is 1.93 bits per heavy atom. The summed E-state index contributed by atoms with van der Waals surface area (Å²) in [6.45, 7) is 2.44. The molecule has 0 saturated heterocycles. The molecule has 0 saturated carbocycles. The van der Waals surface area contributed by atoms with Crippen LogP contribution in [-0.4, -0.2) is 46.4 Å². The first-order chi connectivity index (χ1) is 13.5. The number of rotatable bonds is 6. The first kappa shape index (κ1) is 21.0. The van der Waals surface area contributed by atoms with Gasteiger partial charge in [-0.15, -0.1) is 0 Å². The van der Waals surface area contributed by atoms with Crippen molar-refractivity contribution in [1.29, 1.82) is 0 Å². The van der Waals surface area contributed by atoms with Crippen molar-refractivity contribution in [1.82, 2.24) is 14.5 Å². The van der Waals surface area contributed by atoms with Crippen LogP contribution in [-0.2, 0) is 16.1 Å². The normalized spacial score (nSPS) is 11.3. The lowest BCUT2D eigenvalue weighted by Crippen LogP contribution is -2.14. The summed E-state index contributed by atoms with van der Waals surface area (Å²) in [5.74, 6) is 0.616. The molecule has 0 radical (unpaired) electrons. The molecular weight excluding hydrogens is 365 g/mol. The number of ether oxygens (including phenoxy) is 2. The first-order valence-corrected chi connectivity index (χ1v) is 8.45. The molecule has 0 spiro atoms. The van der Waals surface area contributed by atoms with Gasteiger partial charge in [-0.3, -0.25) is 9.78 Å². The topological polar surface area (TPSA) is 86.5 Å². The Kier molecular flexibility index (Phi) is 7.65. The van der Waals surface area contributed by atoms with Crippen LogP contribution in [0.5, 0.6) is 5.75 Å². The van der Waals surface area contributed by atoms with Gasteiger partial charge in [-0.05, 0) is 30.7 Å². The van der Waals surface area contributed by atoms with Gasteiger partial charge in [0.15, 0.2) is 11.6 Å². The number of nitrogens with zero attached hydrogens (tertiary/aromatic N) is 3. The highest BCUT2D eigenvalue weighted by Gasteiger charge is 2.11. The summed E-state index contributed by atoms with van der Waals surface area (Å²) >= 11 is 0. The Hall–Kier alpha value is -3.26. The maximum absolute atomic E-state index is 14.0. The maximum Gasteiger partial charge on any atom is 0.290 e. The van der Waals surface area contributed by atoms with Gasteiger partial charge < -0.3 is 19.1 Å². The number of carbonyl (C=O) groups is 1. The van der Waals surface area contributed by atoms with Crippen molar-refractivity contribution in [2.24, 2.45) is 0 Å². The van der Waals surface area contributed by atoms with Gasteiger partial charge in [0.2, 0.25) is 0 Å². The van der Waals surface area contributed by atoms with Crippen LogP contribution in [0.2, 0.25) is 0 Å². The molecule has 2 aromatic heterocycles. The zero-order chi connectivity index (χ0) is 20.5. The Labute approximate surface area is 162 Å². The molecule has 148 valence electrons. The molecule has 0 bridgehead atoms. The van der Waals surface area contributed by atoms with E-state index in [9.17, 15) is 4.39 Å². The first-order valence-electron chi connectivity index (χ1n) is 8.45. The molecule has 2 heterocycles. The highest BCUT2D eigenvalue weighted by molar-refractivity contribution is 5.69. The third-order valence-electron chi connectivity index (χ3n) is 4.05. The van der Waals surface area contributed by atoms with Crippen LogP contribution in [0, 0.1) is 5.82 Å². The highest BCUT2D eigenvalue weighted by atomic mass is 19.1. The Morgan fingerprint density at radius 1 is 1.21 bits per heavy atom. The lowest BCUT2D eigenvalue weighted by atomic mass is 10.1. The lowest BCUT2D eigenvalue weighted by Gasteiger charge is -2.13. The molecule has 0 aliphatic heterocycles. The number of carboxylic acid groups (broad SMARTS) is 1. The molecule has 1 N–H and O–H groups in total. The van der Waals surface area contributed by atoms with E-state index in [2.05, 4.69) is 9.97 Å². The summed E-state index contributed by atoms with van der Waals surface area (Å²) in [6, 6.07) is 6.81. The minimum Gasteiger partial charge on any atom is -0.494 e. The molecule has 3 rings (SSSR count). The molecule has 8 heteroatoms. The zero-order valence-electron chi connectivity index (χ0n) is 15.9. The van der Waals surface area contributed by atoms with Crippen molar-refractivity contribution in [2.75, 3.05) is 14.2 Å². The second-order valence-electron chi connectivity index (χ2n) is 5.87. The second kappa shape index (κ2) is 10.2. The quantitative estimate of drug-likeness (QED) is 0.652. The zero-order valence-corrected chi connectivity index (χ0v) is 15.9. The van der Waals surface area contributed by atoms with Gasteiger partial charge in [0.25, 0.3) is 6.47 Å². The lowest BCUT2D eigenvalue weighted by molar-refractivity contribution is -0.122. The number of aromatic nitrogens is 3. The Balaban J connectivity index is 0.000000878. The molecule has 0 amide bonds. The van der Waals surface area contributed by atoms with Gasteiger partial charge in [0.05, 0.1) is 19.8 Å². The fourth-order valence-corrected chi connectivity index (χ4v) is 2.63. The third-order valence-corrected chi connectivity index (χ3v) is 4.05. The van der Waals surface area contributed by atoms with Crippen LogP contribution >= 0.6 is 0 Å². The van der Waals surface area contributed by atoms with E-state index in [0.29, 0.717) is 6.54 Å². The average molecular weight is 387 g/mol. The number of halogens is 1. The van der Waals surface area contributed by atoms with Gasteiger partial charge in [-0.1, -0.05) is 6.07 Å². The summed E-state index contributed by atoms with van der Waals surface area (Å²) < 4.78 is 26.3. The Morgan fingerprint density at radius 3 is 2.57 bits per heavy atom. The standard InChI is InChI=1S/C19H20FN3O2.CH2O2/c1-13(24-2)12-23-7-6-22-19(23)16-8-15(10-21-11-16)14-4-5-18(25-3)17(20)9-14;2-1-3/h4-11,13H,12H2,1-3H3;1H,(H,2,3). The number of imidazole rings is 1. The van der Waals surface area contributed by atoms with Crippen molar-refractivity contribution in [3.63, 3.8) is 0 Å². The highest BCUT2D eigenvalue weighted by Crippen LogP contribution is 2.28. The number of methoxy groups -OCH3 is 2. The summed E-state index contributed by atoms with van der Waals surface area (Å²) in [6.07, 6.45) is 7.18. The molecular formula is C20H22FN3O4. The minimum atomic E-state index is -0.402. The van der Waals surface area contributed by atoms with Crippen LogP contribution in [0.25, 0.3) is 22.5 Å². The van der Waals surface area contributed by atoms with Crippen molar-refractivity contribution in [3.8, 4) is 28.3 Å². The van der Waals surface area contributed by atoms with E-state index in [4.69, 9.17) is 19.4 Å². The maximum atomic E-state index is 14.0. The summed E-state index contributed by atoms with van der Waals surface area (Å²) in [5.41, 5.74) is 2.41. The van der Waals surface area contributed by atoms with Crippen molar-refractivity contribution >= 4 is 6.47 Å². The van der Waals surface area contributed by atoms with Crippen LogP contribution in [0.4, 0.5) is 4.39 Å². The fraction of sp³-hybridized carbons (Fsp3) is 0.250. The van der Waals surface area contributed by atoms with E-state index >= 15 is 0 Å². The van der Waals surface area contributed by atoms with E-state index in [0.717, 1.165) is 22.5 Å². The van der Waals surface area contributed by atoms with Crippen LogP contribution < -0.4 is 4.74 Å². The molecule has 0 aliphatic rings. The van der Waals surface area contributed by atoms with Crippen molar-refractivity contribution < 1.29 is 23.8 Å². The molecule has 1 aromatic carbocycles. The van der Waals surface area contributed by atoms with Gasteiger partial charge in [0.1, 0.15) is 5.82 Å². The van der Waals surface area contributed by atoms with E-state index in [1.165, 1.54) is 13.2 Å². The van der Waals surface area contributed by atoms with Gasteiger partial charge in [-0.25, -0.2) is 9.37 Å². The minimum absolute atomic E-state index is 0.0692. The van der Waals surface area contributed by atoms with Gasteiger partial charge >= 0.3 is 0 Å². The predicted octanol–water partition coefficient (Wildman–Crippen LogP) is 3.50. The molecule has 1 unspecified atom stereocenters. The number of hydrogen-bond donors (Lipinski definition) is 1. The summed E-state index contributed by atoms with van der Waals surface area (Å²) in [5, 5.41) is 6.89. The van der Waals surface area contributed by atoms with Crippen molar-refractivity contribution in [3.05, 3.63) is 54.9 Å². The number of pyridine rings is 1. The van der Waals surface area contributed by atoms with E-state index in [1.54, 1.807) is 31.8 Å². The third kappa shape index (κ3) is 5.14. The predicted molar refractivity (Wildman–Crippen MR) is 103 cm³/mol. The second-order valence-corrected chi connectivity index (χ2v) is 5.87. The fourth-order valence-electron chi connectivity index (χ4n) is 2.63. The summed E-state index contributed by atoms with van der Waals surface area (Å²) in [7, 11) is 3.13.